The molecule has 2 aromatic heterocycles. The highest BCUT2D eigenvalue weighted by Crippen LogP contribution is 2.26. The van der Waals surface area contributed by atoms with E-state index in [0.717, 1.165) is 21.4 Å². The molecule has 27 heavy (non-hydrogen) atoms. The summed E-state index contributed by atoms with van der Waals surface area (Å²) < 4.78 is 2.08. The molecule has 0 atom stereocenters. The first-order valence-electron chi connectivity index (χ1n) is 8.53. The van der Waals surface area contributed by atoms with Crippen molar-refractivity contribution in [2.24, 2.45) is 0 Å². The van der Waals surface area contributed by atoms with E-state index in [4.69, 9.17) is 0 Å². The van der Waals surface area contributed by atoms with Gasteiger partial charge in [0, 0.05) is 5.56 Å². The number of thiophene rings is 1. The fourth-order valence-electron chi connectivity index (χ4n) is 2.74. The van der Waals surface area contributed by atoms with Gasteiger partial charge in [-0.15, -0.1) is 21.5 Å². The van der Waals surface area contributed by atoms with Crippen molar-refractivity contribution in [1.82, 2.24) is 14.8 Å². The zero-order valence-corrected chi connectivity index (χ0v) is 16.1. The third kappa shape index (κ3) is 4.18. The van der Waals surface area contributed by atoms with Crippen LogP contribution < -0.4 is 0 Å². The average molecular weight is 392 g/mol. The first-order valence-corrected chi connectivity index (χ1v) is 10.4. The Morgan fingerprint density at radius 3 is 2.37 bits per heavy atom. The van der Waals surface area contributed by atoms with Gasteiger partial charge < -0.3 is 0 Å². The number of aromatic nitrogens is 3. The standard InChI is InChI=1S/C21H17N3OS2/c25-18(19-12-7-13-26-19)15-27-21-23-22-20(17-10-5-2-6-11-17)24(21)14-16-8-3-1-4-9-16/h1-13H,14-15H2. The molecule has 2 heterocycles. The molecule has 0 unspecified atom stereocenters. The summed E-state index contributed by atoms with van der Waals surface area (Å²) in [4.78, 5) is 13.1. The Bertz CT molecular complexity index is 1010. The molecule has 4 rings (SSSR count). The second kappa shape index (κ2) is 8.33. The smallest absolute Gasteiger partial charge is 0.192 e. The van der Waals surface area contributed by atoms with Crippen molar-refractivity contribution in [2.75, 3.05) is 5.75 Å². The molecule has 6 heteroatoms. The Labute approximate surface area is 165 Å². The summed E-state index contributed by atoms with van der Waals surface area (Å²) in [5, 5.41) is 11.4. The van der Waals surface area contributed by atoms with Crippen molar-refractivity contribution in [3.8, 4) is 11.4 Å². The summed E-state index contributed by atoms with van der Waals surface area (Å²) in [5.74, 6) is 1.28. The maximum atomic E-state index is 12.4. The lowest BCUT2D eigenvalue weighted by Crippen LogP contribution is -2.06. The van der Waals surface area contributed by atoms with E-state index < -0.39 is 0 Å². The van der Waals surface area contributed by atoms with Crippen LogP contribution in [0, 0.1) is 0 Å². The monoisotopic (exact) mass is 391 g/mol. The molecule has 0 radical (unpaired) electrons. The van der Waals surface area contributed by atoms with Crippen molar-refractivity contribution >= 4 is 28.9 Å². The number of hydrogen-bond acceptors (Lipinski definition) is 5. The van der Waals surface area contributed by atoms with Crippen molar-refractivity contribution in [1.29, 1.82) is 0 Å². The lowest BCUT2D eigenvalue weighted by Gasteiger charge is -2.10. The van der Waals surface area contributed by atoms with Gasteiger partial charge >= 0.3 is 0 Å². The summed E-state index contributed by atoms with van der Waals surface area (Å²) in [7, 11) is 0. The van der Waals surface area contributed by atoms with E-state index in [-0.39, 0.29) is 5.78 Å². The van der Waals surface area contributed by atoms with Gasteiger partial charge in [0.25, 0.3) is 0 Å². The summed E-state index contributed by atoms with van der Waals surface area (Å²) in [6, 6.07) is 24.0. The normalized spacial score (nSPS) is 10.8. The maximum Gasteiger partial charge on any atom is 0.192 e. The molecule has 0 aliphatic carbocycles. The summed E-state index contributed by atoms with van der Waals surface area (Å²) >= 11 is 2.90. The van der Waals surface area contributed by atoms with Crippen LogP contribution >= 0.6 is 23.1 Å². The highest BCUT2D eigenvalue weighted by Gasteiger charge is 2.16. The van der Waals surface area contributed by atoms with Crippen molar-refractivity contribution < 1.29 is 4.79 Å². The number of ketones is 1. The zero-order chi connectivity index (χ0) is 18.5. The Morgan fingerprint density at radius 1 is 0.926 bits per heavy atom. The second-order valence-electron chi connectivity index (χ2n) is 5.93. The van der Waals surface area contributed by atoms with E-state index in [0.29, 0.717) is 12.3 Å². The predicted octanol–water partition coefficient (Wildman–Crippen LogP) is 5.03. The summed E-state index contributed by atoms with van der Waals surface area (Å²) in [6.07, 6.45) is 0. The molecule has 0 amide bonds. The highest BCUT2D eigenvalue weighted by atomic mass is 32.2. The van der Waals surface area contributed by atoms with Crippen LogP contribution in [0.4, 0.5) is 0 Å². The van der Waals surface area contributed by atoms with E-state index >= 15 is 0 Å². The van der Waals surface area contributed by atoms with Crippen LogP contribution in [0.25, 0.3) is 11.4 Å². The molecule has 0 saturated carbocycles. The van der Waals surface area contributed by atoms with E-state index in [1.165, 1.54) is 28.7 Å². The fourth-order valence-corrected chi connectivity index (χ4v) is 4.32. The fraction of sp³-hybridized carbons (Fsp3) is 0.0952. The van der Waals surface area contributed by atoms with Crippen LogP contribution in [0.15, 0.2) is 83.3 Å². The van der Waals surface area contributed by atoms with Gasteiger partial charge in [-0.3, -0.25) is 9.36 Å². The van der Waals surface area contributed by atoms with E-state index in [1.54, 1.807) is 0 Å². The molecule has 0 aliphatic heterocycles. The summed E-state index contributed by atoms with van der Waals surface area (Å²) in [5.41, 5.74) is 2.18. The number of benzene rings is 2. The molecule has 0 bridgehead atoms. The van der Waals surface area contributed by atoms with Crippen LogP contribution in [0.3, 0.4) is 0 Å². The van der Waals surface area contributed by atoms with Crippen molar-refractivity contribution in [3.63, 3.8) is 0 Å². The molecule has 0 aliphatic rings. The molecule has 0 spiro atoms. The number of carbonyl (C=O) groups excluding carboxylic acids is 1. The Hall–Kier alpha value is -2.70. The molecule has 0 N–H and O–H groups in total. The number of hydrogen-bond donors (Lipinski definition) is 0. The minimum Gasteiger partial charge on any atom is -0.298 e. The Balaban J connectivity index is 1.62. The van der Waals surface area contributed by atoms with Crippen molar-refractivity contribution in [3.05, 3.63) is 88.6 Å². The molecule has 4 aromatic rings. The van der Waals surface area contributed by atoms with Gasteiger partial charge in [-0.05, 0) is 17.0 Å². The lowest BCUT2D eigenvalue weighted by molar-refractivity contribution is 0.102. The number of nitrogens with zero attached hydrogens (tertiary/aromatic N) is 3. The maximum absolute atomic E-state index is 12.4. The van der Waals surface area contributed by atoms with E-state index in [2.05, 4.69) is 26.9 Å². The molecular formula is C21H17N3OS2. The first kappa shape index (κ1) is 17.7. The van der Waals surface area contributed by atoms with Gasteiger partial charge in [0.15, 0.2) is 16.8 Å². The van der Waals surface area contributed by atoms with Crippen LogP contribution in [-0.2, 0) is 6.54 Å². The van der Waals surface area contributed by atoms with Crippen LogP contribution in [-0.4, -0.2) is 26.3 Å². The van der Waals surface area contributed by atoms with E-state index in [9.17, 15) is 4.79 Å². The van der Waals surface area contributed by atoms with Gasteiger partial charge in [0.05, 0.1) is 17.2 Å². The predicted molar refractivity (Wildman–Crippen MR) is 110 cm³/mol. The van der Waals surface area contributed by atoms with Gasteiger partial charge in [-0.25, -0.2) is 0 Å². The average Bonchev–Trinajstić information content (AvgIpc) is 3.38. The quantitative estimate of drug-likeness (QED) is 0.327. The third-order valence-electron chi connectivity index (χ3n) is 4.06. The van der Waals surface area contributed by atoms with Gasteiger partial charge in [-0.2, -0.15) is 0 Å². The van der Waals surface area contributed by atoms with Crippen LogP contribution in [0.1, 0.15) is 15.2 Å². The third-order valence-corrected chi connectivity index (χ3v) is 5.94. The Kier molecular flexibility index (Phi) is 5.46. The molecule has 0 saturated heterocycles. The molecule has 0 fully saturated rings. The number of rotatable bonds is 7. The molecular weight excluding hydrogens is 374 g/mol. The summed E-state index contributed by atoms with van der Waals surface area (Å²) in [6.45, 7) is 0.660. The molecule has 2 aromatic carbocycles. The topological polar surface area (TPSA) is 47.8 Å². The van der Waals surface area contributed by atoms with Crippen LogP contribution in [0.2, 0.25) is 0 Å². The van der Waals surface area contributed by atoms with Gasteiger partial charge in [-0.1, -0.05) is 78.5 Å². The minimum absolute atomic E-state index is 0.116. The highest BCUT2D eigenvalue weighted by molar-refractivity contribution is 7.99. The van der Waals surface area contributed by atoms with E-state index in [1.807, 2.05) is 66.0 Å². The SMILES string of the molecule is O=C(CSc1nnc(-c2ccccc2)n1Cc1ccccc1)c1cccs1. The number of carbonyl (C=O) groups is 1. The zero-order valence-electron chi connectivity index (χ0n) is 14.5. The Morgan fingerprint density at radius 2 is 1.67 bits per heavy atom. The van der Waals surface area contributed by atoms with Crippen molar-refractivity contribution in [2.45, 2.75) is 11.7 Å². The second-order valence-corrected chi connectivity index (χ2v) is 7.82. The number of Topliss-reactive ketones (excluding diaryl/α,β-unsaturated/α-hetero) is 1. The molecule has 4 nitrogen and oxygen atoms in total. The minimum atomic E-state index is 0.116. The number of thioether (sulfide) groups is 1. The van der Waals surface area contributed by atoms with Gasteiger partial charge in [0.1, 0.15) is 0 Å². The first-order chi connectivity index (χ1) is 13.3. The largest absolute Gasteiger partial charge is 0.298 e. The van der Waals surface area contributed by atoms with Crippen LogP contribution in [0.5, 0.6) is 0 Å². The molecule has 134 valence electrons. The van der Waals surface area contributed by atoms with Gasteiger partial charge in [0.2, 0.25) is 0 Å². The lowest BCUT2D eigenvalue weighted by atomic mass is 10.2.